The summed E-state index contributed by atoms with van der Waals surface area (Å²) in [4.78, 5) is 33.2. The van der Waals surface area contributed by atoms with E-state index in [9.17, 15) is 9.59 Å². The molecule has 6 nitrogen and oxygen atoms in total. The molecule has 0 saturated carbocycles. The van der Waals surface area contributed by atoms with Gasteiger partial charge in [-0.05, 0) is 30.5 Å². The molecule has 1 aromatic heterocycles. The van der Waals surface area contributed by atoms with Crippen LogP contribution in [0.4, 0.5) is 5.82 Å². The Bertz CT molecular complexity index is 826. The first-order chi connectivity index (χ1) is 12.9. The van der Waals surface area contributed by atoms with Crippen molar-refractivity contribution in [2.24, 2.45) is 0 Å². The number of pyridine rings is 1. The molecule has 1 N–H and O–H groups in total. The number of benzene rings is 1. The van der Waals surface area contributed by atoms with Crippen LogP contribution in [0.2, 0.25) is 5.15 Å². The zero-order chi connectivity index (χ0) is 19.4. The van der Waals surface area contributed by atoms with E-state index < -0.39 is 6.04 Å². The molecule has 2 aromatic rings. The lowest BCUT2D eigenvalue weighted by atomic mass is 10.0. The number of likely N-dealkylation sites (tertiary alicyclic amines) is 1. The Labute approximate surface area is 164 Å². The van der Waals surface area contributed by atoms with Gasteiger partial charge in [-0.15, -0.1) is 0 Å². The number of halogens is 1. The van der Waals surface area contributed by atoms with Gasteiger partial charge in [0, 0.05) is 32.7 Å². The predicted octanol–water partition coefficient (Wildman–Crippen LogP) is 2.72. The van der Waals surface area contributed by atoms with E-state index >= 15 is 0 Å². The number of hydrogen-bond donors (Lipinski definition) is 1. The van der Waals surface area contributed by atoms with Crippen molar-refractivity contribution in [1.82, 2.24) is 15.2 Å². The lowest BCUT2D eigenvalue weighted by Crippen LogP contribution is -2.51. The first-order valence-electron chi connectivity index (χ1n) is 8.92. The molecule has 0 unspecified atom stereocenters. The highest BCUT2D eigenvalue weighted by molar-refractivity contribution is 6.30. The maximum atomic E-state index is 12.8. The normalized spacial score (nSPS) is 16.9. The summed E-state index contributed by atoms with van der Waals surface area (Å²) in [5.74, 6) is 0.224. The Hall–Kier alpha value is -2.60. The van der Waals surface area contributed by atoms with E-state index in [1.807, 2.05) is 44.4 Å². The molecule has 142 valence electrons. The van der Waals surface area contributed by atoms with Crippen LogP contribution in [0.1, 0.15) is 28.8 Å². The summed E-state index contributed by atoms with van der Waals surface area (Å²) in [7, 11) is 3.65. The van der Waals surface area contributed by atoms with Gasteiger partial charge in [0.25, 0.3) is 5.91 Å². The number of nitrogens with one attached hydrogen (secondary N) is 1. The zero-order valence-electron chi connectivity index (χ0n) is 15.5. The second-order valence-electron chi connectivity index (χ2n) is 6.84. The lowest BCUT2D eigenvalue weighted by molar-refractivity contribution is -0.136. The fourth-order valence-corrected chi connectivity index (χ4v) is 3.32. The Morgan fingerprint density at radius 3 is 2.74 bits per heavy atom. The van der Waals surface area contributed by atoms with Crippen LogP contribution < -0.4 is 10.2 Å². The quantitative estimate of drug-likeness (QED) is 0.802. The number of nitrogens with zero attached hydrogens (tertiary/aromatic N) is 3. The minimum atomic E-state index is -0.523. The highest BCUT2D eigenvalue weighted by atomic mass is 35.5. The number of anilines is 1. The molecule has 7 heteroatoms. The number of hydrogen-bond acceptors (Lipinski definition) is 4. The average Bonchev–Trinajstić information content (AvgIpc) is 2.65. The Balaban J connectivity index is 1.69. The topological polar surface area (TPSA) is 65.5 Å². The number of rotatable bonds is 5. The average molecular weight is 387 g/mol. The molecule has 0 spiro atoms. The molecule has 1 fully saturated rings. The van der Waals surface area contributed by atoms with Gasteiger partial charge < -0.3 is 15.1 Å². The van der Waals surface area contributed by atoms with Crippen LogP contribution >= 0.6 is 11.6 Å². The highest BCUT2D eigenvalue weighted by Crippen LogP contribution is 2.19. The van der Waals surface area contributed by atoms with Gasteiger partial charge >= 0.3 is 0 Å². The van der Waals surface area contributed by atoms with E-state index in [4.69, 9.17) is 11.6 Å². The van der Waals surface area contributed by atoms with Crippen molar-refractivity contribution in [3.63, 3.8) is 0 Å². The molecule has 27 heavy (non-hydrogen) atoms. The first kappa shape index (κ1) is 19.2. The van der Waals surface area contributed by atoms with Crippen molar-refractivity contribution in [1.29, 1.82) is 0 Å². The van der Waals surface area contributed by atoms with Crippen LogP contribution in [0, 0.1) is 0 Å². The molecule has 1 saturated heterocycles. The third kappa shape index (κ3) is 4.77. The van der Waals surface area contributed by atoms with Gasteiger partial charge in [0.05, 0.1) is 0 Å². The van der Waals surface area contributed by atoms with E-state index in [2.05, 4.69) is 10.3 Å². The molecular formula is C20H23ClN4O2. The molecule has 1 aromatic carbocycles. The number of aromatic nitrogens is 1. The minimum Gasteiger partial charge on any atom is -0.363 e. The molecule has 1 aliphatic rings. The van der Waals surface area contributed by atoms with Crippen molar-refractivity contribution in [2.75, 3.05) is 25.5 Å². The fourth-order valence-electron chi connectivity index (χ4n) is 3.12. The second-order valence-corrected chi connectivity index (χ2v) is 7.23. The summed E-state index contributed by atoms with van der Waals surface area (Å²) >= 11 is 6.03. The molecule has 1 atom stereocenters. The molecule has 0 aliphatic carbocycles. The molecule has 3 rings (SSSR count). The van der Waals surface area contributed by atoms with Gasteiger partial charge in [-0.3, -0.25) is 9.59 Å². The van der Waals surface area contributed by atoms with Crippen molar-refractivity contribution in [2.45, 2.75) is 25.4 Å². The Kier molecular flexibility index (Phi) is 5.96. The van der Waals surface area contributed by atoms with Crippen LogP contribution in [0.5, 0.6) is 0 Å². The number of piperidine rings is 1. The first-order valence-corrected chi connectivity index (χ1v) is 9.30. The monoisotopic (exact) mass is 386 g/mol. The highest BCUT2D eigenvalue weighted by Gasteiger charge is 2.30. The maximum absolute atomic E-state index is 12.8. The van der Waals surface area contributed by atoms with Crippen molar-refractivity contribution in [3.8, 4) is 0 Å². The molecule has 0 bridgehead atoms. The predicted molar refractivity (Wildman–Crippen MR) is 106 cm³/mol. The van der Waals surface area contributed by atoms with Gasteiger partial charge in [-0.1, -0.05) is 41.9 Å². The summed E-state index contributed by atoms with van der Waals surface area (Å²) in [6.45, 7) is 1.25. The van der Waals surface area contributed by atoms with E-state index in [0.29, 0.717) is 30.9 Å². The van der Waals surface area contributed by atoms with Crippen LogP contribution in [-0.4, -0.2) is 48.4 Å². The standard InChI is InChI=1S/C20H23ClN4O2/c1-24(2)18-12-15(11-17(21)23-18)19(26)22-16-9-6-10-25(20(16)27)13-14-7-4-3-5-8-14/h3-5,7-8,11-12,16H,6,9-10,13H2,1-2H3,(H,22,26)/t16-/m1/s1. The summed E-state index contributed by atoms with van der Waals surface area (Å²) in [5.41, 5.74) is 1.47. The van der Waals surface area contributed by atoms with Crippen molar-refractivity contribution >= 4 is 29.2 Å². The summed E-state index contributed by atoms with van der Waals surface area (Å²) in [6, 6.07) is 12.5. The van der Waals surface area contributed by atoms with Crippen LogP contribution in [0.25, 0.3) is 0 Å². The van der Waals surface area contributed by atoms with E-state index in [1.165, 1.54) is 6.07 Å². The number of carbonyl (C=O) groups is 2. The van der Waals surface area contributed by atoms with Crippen molar-refractivity contribution in [3.05, 3.63) is 58.7 Å². The molecule has 2 amide bonds. The van der Waals surface area contributed by atoms with Crippen LogP contribution in [0.3, 0.4) is 0 Å². The van der Waals surface area contributed by atoms with Gasteiger partial charge in [-0.25, -0.2) is 4.98 Å². The third-order valence-electron chi connectivity index (χ3n) is 4.55. The van der Waals surface area contributed by atoms with E-state index in [1.54, 1.807) is 15.9 Å². The molecule has 1 aliphatic heterocycles. The number of amides is 2. The third-order valence-corrected chi connectivity index (χ3v) is 4.75. The van der Waals surface area contributed by atoms with Gasteiger partial charge in [0.15, 0.2) is 0 Å². The van der Waals surface area contributed by atoms with Crippen molar-refractivity contribution < 1.29 is 9.59 Å². The zero-order valence-corrected chi connectivity index (χ0v) is 16.2. The summed E-state index contributed by atoms with van der Waals surface area (Å²) in [5, 5.41) is 3.10. The number of carbonyl (C=O) groups excluding carboxylic acids is 2. The SMILES string of the molecule is CN(C)c1cc(C(=O)N[C@@H]2CCCN(Cc3ccccc3)C2=O)cc(Cl)n1. The molecule has 0 radical (unpaired) electrons. The van der Waals surface area contributed by atoms with Gasteiger partial charge in [-0.2, -0.15) is 0 Å². The summed E-state index contributed by atoms with van der Waals surface area (Å²) in [6.07, 6.45) is 1.48. The van der Waals surface area contributed by atoms with Gasteiger partial charge in [0.1, 0.15) is 17.0 Å². The van der Waals surface area contributed by atoms with E-state index in [0.717, 1.165) is 12.0 Å². The Morgan fingerprint density at radius 1 is 1.30 bits per heavy atom. The van der Waals surface area contributed by atoms with E-state index in [-0.39, 0.29) is 17.0 Å². The molecule has 2 heterocycles. The second kappa shape index (κ2) is 8.39. The van der Waals surface area contributed by atoms with Crippen LogP contribution in [-0.2, 0) is 11.3 Å². The van der Waals surface area contributed by atoms with Gasteiger partial charge in [0.2, 0.25) is 5.91 Å². The maximum Gasteiger partial charge on any atom is 0.252 e. The summed E-state index contributed by atoms with van der Waals surface area (Å²) < 4.78 is 0. The molecular weight excluding hydrogens is 364 g/mol. The lowest BCUT2D eigenvalue weighted by Gasteiger charge is -2.32. The Morgan fingerprint density at radius 2 is 2.04 bits per heavy atom. The minimum absolute atomic E-state index is 0.0496. The fraction of sp³-hybridized carbons (Fsp3) is 0.350. The largest absolute Gasteiger partial charge is 0.363 e. The van der Waals surface area contributed by atoms with Crippen LogP contribution in [0.15, 0.2) is 42.5 Å². The smallest absolute Gasteiger partial charge is 0.252 e.